The van der Waals surface area contributed by atoms with Crippen LogP contribution in [0.5, 0.6) is 0 Å². The molecule has 0 spiro atoms. The van der Waals surface area contributed by atoms with Gasteiger partial charge in [0.25, 0.3) is 0 Å². The van der Waals surface area contributed by atoms with E-state index in [0.29, 0.717) is 12.5 Å². The predicted molar refractivity (Wildman–Crippen MR) is 124 cm³/mol. The van der Waals surface area contributed by atoms with Gasteiger partial charge in [-0.05, 0) is 44.5 Å². The van der Waals surface area contributed by atoms with Gasteiger partial charge >= 0.3 is 0 Å². The Labute approximate surface area is 180 Å². The van der Waals surface area contributed by atoms with Crippen LogP contribution in [0.3, 0.4) is 0 Å². The number of rotatable bonds is 7. The molecule has 0 fully saturated rings. The minimum Gasteiger partial charge on any atom is -0.379 e. The van der Waals surface area contributed by atoms with Crippen molar-refractivity contribution >= 4 is 44.2 Å². The summed E-state index contributed by atoms with van der Waals surface area (Å²) in [6, 6.07) is 2.47. The number of anilines is 1. The van der Waals surface area contributed by atoms with Crippen LogP contribution in [0.15, 0.2) is 18.5 Å². The fourth-order valence-corrected chi connectivity index (χ4v) is 5.65. The fraction of sp³-hybridized carbons (Fsp3) is 0.476. The molecule has 3 N–H and O–H groups in total. The summed E-state index contributed by atoms with van der Waals surface area (Å²) in [5.74, 6) is 0. The minimum atomic E-state index is 0.427. The number of thiophene rings is 1. The van der Waals surface area contributed by atoms with Crippen LogP contribution in [0.2, 0.25) is 0 Å². The highest BCUT2D eigenvalue weighted by Crippen LogP contribution is 2.46. The lowest BCUT2D eigenvalue weighted by atomic mass is 10.0. The van der Waals surface area contributed by atoms with Gasteiger partial charge in [0.05, 0.1) is 15.9 Å². The first kappa shape index (κ1) is 21.8. The molecule has 1 unspecified atom stereocenters. The van der Waals surface area contributed by atoms with Crippen molar-refractivity contribution < 1.29 is 4.79 Å². The summed E-state index contributed by atoms with van der Waals surface area (Å²) in [5, 5.41) is 12.3. The largest absolute Gasteiger partial charge is 0.379 e. The lowest BCUT2D eigenvalue weighted by molar-refractivity contribution is -0.107. The van der Waals surface area contributed by atoms with E-state index in [1.54, 1.807) is 11.3 Å². The highest BCUT2D eigenvalue weighted by molar-refractivity contribution is 7.22. The van der Waals surface area contributed by atoms with Crippen molar-refractivity contribution in [1.29, 1.82) is 0 Å². The normalized spacial score (nSPS) is 15.5. The first-order valence-corrected chi connectivity index (χ1v) is 11.7. The predicted octanol–water partition coefficient (Wildman–Crippen LogP) is 4.24. The lowest BCUT2D eigenvalue weighted by Gasteiger charge is -2.20. The number of thiazole rings is 1. The maximum Gasteiger partial charge on any atom is 0.127 e. The Balaban J connectivity index is 0.000000258. The van der Waals surface area contributed by atoms with Gasteiger partial charge in [0.2, 0.25) is 0 Å². The lowest BCUT2D eigenvalue weighted by Crippen LogP contribution is -2.26. The summed E-state index contributed by atoms with van der Waals surface area (Å²) in [4.78, 5) is 20.1. The van der Waals surface area contributed by atoms with Crippen LogP contribution in [0, 0.1) is 0 Å². The molecule has 0 bridgehead atoms. The second-order valence-corrected chi connectivity index (χ2v) is 8.98. The van der Waals surface area contributed by atoms with Gasteiger partial charge in [0.1, 0.15) is 16.8 Å². The molecule has 156 valence electrons. The van der Waals surface area contributed by atoms with Crippen LogP contribution in [0.1, 0.15) is 43.2 Å². The van der Waals surface area contributed by atoms with E-state index in [9.17, 15) is 4.79 Å². The minimum absolute atomic E-state index is 0.427. The van der Waals surface area contributed by atoms with Gasteiger partial charge in [0.15, 0.2) is 0 Å². The maximum absolute atomic E-state index is 9.73. The van der Waals surface area contributed by atoms with E-state index in [2.05, 4.69) is 34.8 Å². The van der Waals surface area contributed by atoms with Gasteiger partial charge in [-0.25, -0.2) is 4.98 Å². The third kappa shape index (κ3) is 5.19. The van der Waals surface area contributed by atoms with E-state index >= 15 is 0 Å². The van der Waals surface area contributed by atoms with Crippen LogP contribution in [0.4, 0.5) is 5.00 Å². The monoisotopic (exact) mass is 431 g/mol. The molecule has 1 atom stereocenters. The van der Waals surface area contributed by atoms with E-state index < -0.39 is 0 Å². The molecule has 0 saturated heterocycles. The number of nitrogens with zero attached hydrogens (tertiary/aromatic N) is 2. The standard InChI is InChI=1S/C15H16N4S2.C6H13NO/c1-8-13-9(3-6-18-8)12(14(16-2)21-13)15-19-10-7-17-5-4-11(10)20-15;1-2-4-7-5-3-6-8/h4-5,7-8,16,18H,3,6H2,1-2H3;6-7H,2-5H2,1H3. The Bertz CT molecular complexity index is 903. The number of hydrogen-bond donors (Lipinski definition) is 3. The van der Waals surface area contributed by atoms with Crippen molar-refractivity contribution in [3.63, 3.8) is 0 Å². The number of hydrogen-bond acceptors (Lipinski definition) is 8. The topological polar surface area (TPSA) is 78.9 Å². The maximum atomic E-state index is 9.73. The number of aromatic nitrogens is 2. The molecule has 6 nitrogen and oxygen atoms in total. The first-order valence-electron chi connectivity index (χ1n) is 10.1. The molecular weight excluding hydrogens is 402 g/mol. The molecule has 0 radical (unpaired) electrons. The second kappa shape index (κ2) is 10.8. The van der Waals surface area contributed by atoms with Crippen molar-refractivity contribution in [3.05, 3.63) is 28.9 Å². The Morgan fingerprint density at radius 2 is 2.21 bits per heavy atom. The summed E-state index contributed by atoms with van der Waals surface area (Å²) in [6.45, 7) is 7.23. The van der Waals surface area contributed by atoms with Gasteiger partial charge in [-0.15, -0.1) is 22.7 Å². The summed E-state index contributed by atoms with van der Waals surface area (Å²) in [6.07, 6.45) is 7.46. The van der Waals surface area contributed by atoms with Gasteiger partial charge in [0, 0.05) is 42.7 Å². The molecule has 4 heterocycles. The zero-order valence-corrected chi connectivity index (χ0v) is 18.9. The van der Waals surface area contributed by atoms with E-state index in [4.69, 9.17) is 4.98 Å². The van der Waals surface area contributed by atoms with Crippen molar-refractivity contribution in [3.8, 4) is 10.6 Å². The van der Waals surface area contributed by atoms with E-state index in [1.807, 2.05) is 36.8 Å². The molecule has 0 amide bonds. The summed E-state index contributed by atoms with van der Waals surface area (Å²) < 4.78 is 1.20. The van der Waals surface area contributed by atoms with Crippen molar-refractivity contribution in [2.24, 2.45) is 0 Å². The molecule has 3 aromatic rings. The highest BCUT2D eigenvalue weighted by Gasteiger charge is 2.26. The number of carbonyl (C=O) groups excluding carboxylic acids is 1. The molecule has 0 aliphatic carbocycles. The van der Waals surface area contributed by atoms with Gasteiger partial charge in [-0.3, -0.25) is 4.98 Å². The number of carbonyl (C=O) groups is 1. The first-order chi connectivity index (χ1) is 14.2. The Hall–Kier alpha value is -1.87. The van der Waals surface area contributed by atoms with Gasteiger partial charge in [-0.2, -0.15) is 0 Å². The Morgan fingerprint density at radius 3 is 2.93 bits per heavy atom. The van der Waals surface area contributed by atoms with E-state index in [1.165, 1.54) is 25.7 Å². The number of pyridine rings is 1. The van der Waals surface area contributed by atoms with Crippen LogP contribution in [-0.4, -0.2) is 42.9 Å². The highest BCUT2D eigenvalue weighted by atomic mass is 32.1. The third-order valence-corrected chi connectivity index (χ3v) is 7.24. The summed E-state index contributed by atoms with van der Waals surface area (Å²) >= 11 is 3.61. The zero-order chi connectivity index (χ0) is 20.6. The molecule has 0 aromatic carbocycles. The molecule has 29 heavy (non-hydrogen) atoms. The van der Waals surface area contributed by atoms with E-state index in [-0.39, 0.29) is 0 Å². The van der Waals surface area contributed by atoms with Crippen LogP contribution >= 0.6 is 22.7 Å². The molecule has 1 aliphatic heterocycles. The van der Waals surface area contributed by atoms with Crippen LogP contribution < -0.4 is 16.0 Å². The Kier molecular flexibility index (Phi) is 8.11. The molecule has 1 aliphatic rings. The van der Waals surface area contributed by atoms with Crippen LogP contribution in [-0.2, 0) is 11.2 Å². The quantitative estimate of drug-likeness (QED) is 0.384. The number of nitrogens with one attached hydrogen (secondary N) is 3. The van der Waals surface area contributed by atoms with Crippen molar-refractivity contribution in [1.82, 2.24) is 20.6 Å². The zero-order valence-electron chi connectivity index (χ0n) is 17.2. The molecular formula is C21H29N5OS2. The second-order valence-electron chi connectivity index (χ2n) is 6.89. The average Bonchev–Trinajstić information content (AvgIpc) is 3.33. The SMILES string of the molecule is CCCNCCC=O.CNc1sc2c(c1-c1nc3cnccc3s1)CCNC2C. The van der Waals surface area contributed by atoms with Crippen molar-refractivity contribution in [2.45, 2.75) is 39.2 Å². The smallest absolute Gasteiger partial charge is 0.127 e. The summed E-state index contributed by atoms with van der Waals surface area (Å²) in [5.41, 5.74) is 3.75. The third-order valence-electron chi connectivity index (χ3n) is 4.75. The van der Waals surface area contributed by atoms with Gasteiger partial charge < -0.3 is 20.7 Å². The molecule has 8 heteroatoms. The fourth-order valence-electron chi connectivity index (χ4n) is 3.34. The molecule has 4 rings (SSSR count). The average molecular weight is 432 g/mol. The Morgan fingerprint density at radius 1 is 1.34 bits per heavy atom. The van der Waals surface area contributed by atoms with E-state index in [0.717, 1.165) is 49.3 Å². The van der Waals surface area contributed by atoms with Crippen LogP contribution in [0.25, 0.3) is 20.8 Å². The number of fused-ring (bicyclic) bond motifs is 2. The molecule has 3 aromatic heterocycles. The molecule has 0 saturated carbocycles. The van der Waals surface area contributed by atoms with Gasteiger partial charge in [-0.1, -0.05) is 6.92 Å². The summed E-state index contributed by atoms with van der Waals surface area (Å²) in [7, 11) is 1.99. The number of aldehydes is 1. The van der Waals surface area contributed by atoms with Crippen molar-refractivity contribution in [2.75, 3.05) is 32.0 Å².